The monoisotopic (exact) mass is 282 g/mol. The molecule has 1 aromatic carbocycles. The van der Waals surface area contributed by atoms with Crippen molar-refractivity contribution in [3.05, 3.63) is 53.3 Å². The predicted octanol–water partition coefficient (Wildman–Crippen LogP) is 3.99. The molecule has 110 valence electrons. The summed E-state index contributed by atoms with van der Waals surface area (Å²) in [5, 5.41) is 4.59. The maximum Gasteiger partial charge on any atom is 0.168 e. The summed E-state index contributed by atoms with van der Waals surface area (Å²) in [5.41, 5.74) is 2.92. The van der Waals surface area contributed by atoms with Gasteiger partial charge in [0, 0.05) is 11.8 Å². The molecule has 1 heterocycles. The fourth-order valence-corrected chi connectivity index (χ4v) is 3.04. The van der Waals surface area contributed by atoms with Crippen LogP contribution >= 0.6 is 0 Å². The molecule has 0 aliphatic heterocycles. The minimum absolute atomic E-state index is 0.148. The molecule has 1 aliphatic rings. The average Bonchev–Trinajstić information content (AvgIpc) is 3.18. The van der Waals surface area contributed by atoms with E-state index < -0.39 is 0 Å². The highest BCUT2D eigenvalue weighted by molar-refractivity contribution is 5.97. The first-order valence-corrected chi connectivity index (χ1v) is 7.92. The Morgan fingerprint density at radius 2 is 1.90 bits per heavy atom. The molecule has 0 amide bonds. The van der Waals surface area contributed by atoms with Gasteiger partial charge in [0.05, 0.1) is 18.2 Å². The third kappa shape index (κ3) is 3.23. The molecule has 1 aliphatic carbocycles. The van der Waals surface area contributed by atoms with Crippen molar-refractivity contribution >= 4 is 5.78 Å². The van der Waals surface area contributed by atoms with Gasteiger partial charge in [0.15, 0.2) is 5.78 Å². The third-order valence-electron chi connectivity index (χ3n) is 4.39. The molecule has 0 atom stereocenters. The van der Waals surface area contributed by atoms with Crippen LogP contribution in [0, 0.1) is 0 Å². The normalized spacial score (nSPS) is 15.5. The highest BCUT2D eigenvalue weighted by Gasteiger charge is 2.18. The Labute approximate surface area is 126 Å². The van der Waals surface area contributed by atoms with Crippen molar-refractivity contribution in [2.45, 2.75) is 51.5 Å². The van der Waals surface area contributed by atoms with Crippen LogP contribution in [-0.2, 0) is 12.8 Å². The Balaban J connectivity index is 1.66. The maximum atomic E-state index is 12.3. The number of hydrogen-bond acceptors (Lipinski definition) is 2. The van der Waals surface area contributed by atoms with Crippen LogP contribution in [0.1, 0.15) is 60.3 Å². The molecule has 2 aromatic rings. The van der Waals surface area contributed by atoms with E-state index in [1.54, 1.807) is 0 Å². The highest BCUT2D eigenvalue weighted by atomic mass is 16.1. The number of Topliss-reactive ketones (excluding diaryl/α,β-unsaturated/α-hetero) is 1. The number of aryl methyl sites for hydroxylation is 1. The molecular formula is C18H22N2O. The fourth-order valence-electron chi connectivity index (χ4n) is 3.04. The number of benzene rings is 1. The number of nitrogens with zero attached hydrogens (tertiary/aromatic N) is 2. The molecule has 1 aromatic heterocycles. The number of rotatable bonds is 5. The van der Waals surface area contributed by atoms with Gasteiger partial charge in [-0.05, 0) is 30.9 Å². The van der Waals surface area contributed by atoms with Gasteiger partial charge in [-0.25, -0.2) is 0 Å². The lowest BCUT2D eigenvalue weighted by Gasteiger charge is -2.08. The Morgan fingerprint density at radius 3 is 2.57 bits per heavy atom. The molecule has 0 radical (unpaired) electrons. The van der Waals surface area contributed by atoms with Crippen molar-refractivity contribution in [3.8, 4) is 0 Å². The van der Waals surface area contributed by atoms with Gasteiger partial charge in [-0.3, -0.25) is 9.48 Å². The second-order valence-electron chi connectivity index (χ2n) is 5.88. The SMILES string of the molecule is CCc1ccc(C(=O)Cc2ccn(C3CCCC3)n2)cc1. The quantitative estimate of drug-likeness (QED) is 0.777. The molecule has 3 nitrogen and oxygen atoms in total. The number of ketones is 1. The van der Waals surface area contributed by atoms with E-state index in [2.05, 4.69) is 16.7 Å². The predicted molar refractivity (Wildman–Crippen MR) is 83.6 cm³/mol. The summed E-state index contributed by atoms with van der Waals surface area (Å²) < 4.78 is 2.05. The van der Waals surface area contributed by atoms with Crippen LogP contribution in [-0.4, -0.2) is 15.6 Å². The van der Waals surface area contributed by atoms with Gasteiger partial charge in [0.25, 0.3) is 0 Å². The van der Waals surface area contributed by atoms with Gasteiger partial charge in [-0.2, -0.15) is 5.10 Å². The fraction of sp³-hybridized carbons (Fsp3) is 0.444. The molecule has 0 unspecified atom stereocenters. The summed E-state index contributed by atoms with van der Waals surface area (Å²) >= 11 is 0. The lowest BCUT2D eigenvalue weighted by Crippen LogP contribution is -2.08. The van der Waals surface area contributed by atoms with E-state index in [-0.39, 0.29) is 5.78 Å². The standard InChI is InChI=1S/C18H22N2O/c1-2-14-7-9-15(10-8-14)18(21)13-16-11-12-20(19-16)17-5-3-4-6-17/h7-12,17H,2-6,13H2,1H3. The third-order valence-corrected chi connectivity index (χ3v) is 4.39. The molecule has 3 rings (SSSR count). The second-order valence-corrected chi connectivity index (χ2v) is 5.88. The summed E-state index contributed by atoms with van der Waals surface area (Å²) in [4.78, 5) is 12.3. The van der Waals surface area contributed by atoms with Crippen molar-refractivity contribution in [3.63, 3.8) is 0 Å². The number of carbonyl (C=O) groups excluding carboxylic acids is 1. The van der Waals surface area contributed by atoms with Gasteiger partial charge in [0.1, 0.15) is 0 Å². The average molecular weight is 282 g/mol. The summed E-state index contributed by atoms with van der Waals surface area (Å²) in [5.74, 6) is 0.148. The molecule has 0 N–H and O–H groups in total. The zero-order chi connectivity index (χ0) is 14.7. The second kappa shape index (κ2) is 6.25. The van der Waals surface area contributed by atoms with E-state index in [0.717, 1.165) is 17.7 Å². The zero-order valence-electron chi connectivity index (χ0n) is 12.6. The number of carbonyl (C=O) groups is 1. The minimum atomic E-state index is 0.148. The van der Waals surface area contributed by atoms with Gasteiger partial charge in [-0.15, -0.1) is 0 Å². The summed E-state index contributed by atoms with van der Waals surface area (Å²) in [6, 6.07) is 10.4. The van der Waals surface area contributed by atoms with Crippen molar-refractivity contribution in [2.24, 2.45) is 0 Å². The molecule has 0 spiro atoms. The van der Waals surface area contributed by atoms with Crippen LogP contribution < -0.4 is 0 Å². The molecule has 0 saturated heterocycles. The van der Waals surface area contributed by atoms with Gasteiger partial charge >= 0.3 is 0 Å². The molecule has 1 saturated carbocycles. The van der Waals surface area contributed by atoms with Crippen molar-refractivity contribution in [1.82, 2.24) is 9.78 Å². The van der Waals surface area contributed by atoms with Crippen LogP contribution in [0.4, 0.5) is 0 Å². The van der Waals surface area contributed by atoms with Crippen LogP contribution in [0.25, 0.3) is 0 Å². The van der Waals surface area contributed by atoms with Crippen molar-refractivity contribution in [1.29, 1.82) is 0 Å². The van der Waals surface area contributed by atoms with Crippen LogP contribution in [0.15, 0.2) is 36.5 Å². The van der Waals surface area contributed by atoms with E-state index >= 15 is 0 Å². The van der Waals surface area contributed by atoms with Crippen LogP contribution in [0.3, 0.4) is 0 Å². The van der Waals surface area contributed by atoms with Gasteiger partial charge in [-0.1, -0.05) is 44.0 Å². The summed E-state index contributed by atoms with van der Waals surface area (Å²) in [6.07, 6.45) is 8.44. The number of hydrogen-bond donors (Lipinski definition) is 0. The largest absolute Gasteiger partial charge is 0.294 e. The Kier molecular flexibility index (Phi) is 4.18. The molecule has 1 fully saturated rings. The molecular weight excluding hydrogens is 260 g/mol. The lowest BCUT2D eigenvalue weighted by atomic mass is 10.0. The first-order chi connectivity index (χ1) is 10.3. The Hall–Kier alpha value is -1.90. The van der Waals surface area contributed by atoms with Crippen LogP contribution in [0.2, 0.25) is 0 Å². The smallest absolute Gasteiger partial charge is 0.168 e. The van der Waals surface area contributed by atoms with E-state index in [1.165, 1.54) is 31.2 Å². The highest BCUT2D eigenvalue weighted by Crippen LogP contribution is 2.28. The zero-order valence-corrected chi connectivity index (χ0v) is 12.6. The summed E-state index contributed by atoms with van der Waals surface area (Å²) in [6.45, 7) is 2.12. The molecule has 21 heavy (non-hydrogen) atoms. The maximum absolute atomic E-state index is 12.3. The van der Waals surface area contributed by atoms with E-state index in [0.29, 0.717) is 12.5 Å². The first-order valence-electron chi connectivity index (χ1n) is 7.92. The van der Waals surface area contributed by atoms with E-state index in [4.69, 9.17) is 0 Å². The lowest BCUT2D eigenvalue weighted by molar-refractivity contribution is 0.0991. The van der Waals surface area contributed by atoms with E-state index in [9.17, 15) is 4.79 Å². The van der Waals surface area contributed by atoms with E-state index in [1.807, 2.05) is 36.5 Å². The van der Waals surface area contributed by atoms with Crippen molar-refractivity contribution in [2.75, 3.05) is 0 Å². The topological polar surface area (TPSA) is 34.9 Å². The van der Waals surface area contributed by atoms with Crippen LogP contribution in [0.5, 0.6) is 0 Å². The molecule has 3 heteroatoms. The number of aromatic nitrogens is 2. The molecule has 0 bridgehead atoms. The van der Waals surface area contributed by atoms with Gasteiger partial charge in [0.2, 0.25) is 0 Å². The van der Waals surface area contributed by atoms with Gasteiger partial charge < -0.3 is 0 Å². The van der Waals surface area contributed by atoms with Crippen molar-refractivity contribution < 1.29 is 4.79 Å². The first kappa shape index (κ1) is 14.1. The summed E-state index contributed by atoms with van der Waals surface area (Å²) in [7, 11) is 0. The Morgan fingerprint density at radius 1 is 1.19 bits per heavy atom. The minimum Gasteiger partial charge on any atom is -0.294 e. The Bertz CT molecular complexity index is 606.